The largest absolute Gasteiger partial charge is 0.450 e. The predicted molar refractivity (Wildman–Crippen MR) is 124 cm³/mol. The summed E-state index contributed by atoms with van der Waals surface area (Å²) in [5, 5.41) is 0.540. The van der Waals surface area contributed by atoms with Crippen LogP contribution >= 0.6 is 15.9 Å². The Morgan fingerprint density at radius 2 is 1.74 bits per heavy atom. The topological polar surface area (TPSA) is 50.5 Å². The van der Waals surface area contributed by atoms with E-state index in [0.29, 0.717) is 23.1 Å². The minimum Gasteiger partial charge on any atom is -0.450 e. The molecule has 5 heteroatoms. The minimum atomic E-state index is -0.512. The van der Waals surface area contributed by atoms with E-state index in [2.05, 4.69) is 15.9 Å². The number of carbonyl (C=O) groups excluding carboxylic acids is 1. The fourth-order valence-corrected chi connectivity index (χ4v) is 4.90. The summed E-state index contributed by atoms with van der Waals surface area (Å²) in [6, 6.07) is 20.8. The Bertz CT molecular complexity index is 1390. The third-order valence-electron chi connectivity index (χ3n) is 5.77. The molecule has 0 saturated carbocycles. The first-order chi connectivity index (χ1) is 14.9. The molecule has 1 atom stereocenters. The summed E-state index contributed by atoms with van der Waals surface area (Å²) in [7, 11) is 0. The Labute approximate surface area is 188 Å². The molecule has 0 bridgehead atoms. The van der Waals surface area contributed by atoms with Crippen molar-refractivity contribution >= 4 is 32.8 Å². The number of hydrogen-bond acceptors (Lipinski definition) is 3. The molecule has 0 fully saturated rings. The predicted octanol–water partition coefficient (Wildman–Crippen LogP) is 5.92. The average molecular weight is 474 g/mol. The number of carbonyl (C=O) groups is 1. The van der Waals surface area contributed by atoms with Gasteiger partial charge in [-0.05, 0) is 54.3 Å². The van der Waals surface area contributed by atoms with Gasteiger partial charge >= 0.3 is 0 Å². The molecule has 4 nitrogen and oxygen atoms in total. The van der Waals surface area contributed by atoms with Crippen LogP contribution in [0, 0.1) is 13.8 Å². The third-order valence-corrected chi connectivity index (χ3v) is 6.27. The highest BCUT2D eigenvalue weighted by atomic mass is 79.9. The number of aryl methyl sites for hydroxylation is 2. The molecule has 5 rings (SSSR count). The molecule has 2 heterocycles. The summed E-state index contributed by atoms with van der Waals surface area (Å²) >= 11 is 3.52. The molecule has 1 aliphatic heterocycles. The highest BCUT2D eigenvalue weighted by Crippen LogP contribution is 2.40. The van der Waals surface area contributed by atoms with E-state index in [1.165, 1.54) is 0 Å². The van der Waals surface area contributed by atoms with Crippen LogP contribution in [0.1, 0.15) is 44.4 Å². The van der Waals surface area contributed by atoms with E-state index in [4.69, 9.17) is 4.42 Å². The summed E-state index contributed by atoms with van der Waals surface area (Å²) in [5.74, 6) is -0.120. The first-order valence-electron chi connectivity index (χ1n) is 10.1. The van der Waals surface area contributed by atoms with Gasteiger partial charge in [-0.25, -0.2) is 0 Å². The number of fused-ring (bicyclic) bond motifs is 2. The van der Waals surface area contributed by atoms with Crippen LogP contribution in [0.5, 0.6) is 0 Å². The van der Waals surface area contributed by atoms with Gasteiger partial charge in [-0.3, -0.25) is 9.59 Å². The molecule has 154 valence electrons. The molecule has 0 spiro atoms. The lowest BCUT2D eigenvalue weighted by atomic mass is 9.97. The van der Waals surface area contributed by atoms with Gasteiger partial charge in [-0.1, -0.05) is 64.5 Å². The molecule has 1 aliphatic rings. The van der Waals surface area contributed by atoms with Crippen molar-refractivity contribution in [2.75, 3.05) is 0 Å². The average Bonchev–Trinajstić information content (AvgIpc) is 3.00. The molecule has 4 aromatic rings. The quantitative estimate of drug-likeness (QED) is 0.371. The number of benzene rings is 3. The second-order valence-electron chi connectivity index (χ2n) is 8.01. The molecule has 31 heavy (non-hydrogen) atoms. The standard InChI is InChI=1S/C26H20BrNO3/c1-15-11-16(2)21-20(12-15)31-25-22(24(21)29)23(18-9-6-10-19(27)13-18)28(26(25)30)14-17-7-4-3-5-8-17/h3-13,23H,14H2,1-2H3. The molecule has 3 aromatic carbocycles. The maximum atomic E-state index is 13.7. The van der Waals surface area contributed by atoms with E-state index >= 15 is 0 Å². The van der Waals surface area contributed by atoms with Crippen LogP contribution in [0.15, 0.2) is 80.4 Å². The molecule has 0 radical (unpaired) electrons. The van der Waals surface area contributed by atoms with Gasteiger partial charge in [0.05, 0.1) is 17.0 Å². The Hall–Kier alpha value is -3.18. The molecule has 1 amide bonds. The summed E-state index contributed by atoms with van der Waals surface area (Å²) in [6.07, 6.45) is 0. The van der Waals surface area contributed by atoms with Gasteiger partial charge in [-0.15, -0.1) is 0 Å². The smallest absolute Gasteiger partial charge is 0.291 e. The lowest BCUT2D eigenvalue weighted by Gasteiger charge is -2.25. The van der Waals surface area contributed by atoms with Gasteiger partial charge in [0.25, 0.3) is 5.91 Å². The van der Waals surface area contributed by atoms with E-state index in [1.54, 1.807) is 4.90 Å². The van der Waals surface area contributed by atoms with Gasteiger partial charge in [0.1, 0.15) is 5.58 Å². The van der Waals surface area contributed by atoms with Crippen molar-refractivity contribution in [1.29, 1.82) is 0 Å². The SMILES string of the molecule is Cc1cc(C)c2c(=O)c3c(oc2c1)C(=O)N(Cc1ccccc1)C3c1cccc(Br)c1. The second-order valence-corrected chi connectivity index (χ2v) is 8.92. The summed E-state index contributed by atoms with van der Waals surface area (Å²) in [6.45, 7) is 4.24. The number of amides is 1. The van der Waals surface area contributed by atoms with Crippen LogP contribution in [0.2, 0.25) is 0 Å². The zero-order chi connectivity index (χ0) is 21.7. The maximum absolute atomic E-state index is 13.7. The van der Waals surface area contributed by atoms with Crippen LogP contribution in [0.3, 0.4) is 0 Å². The van der Waals surface area contributed by atoms with Crippen molar-refractivity contribution < 1.29 is 9.21 Å². The van der Waals surface area contributed by atoms with Crippen molar-refractivity contribution in [3.8, 4) is 0 Å². The Kier molecular flexibility index (Phi) is 4.78. The summed E-state index contributed by atoms with van der Waals surface area (Å²) < 4.78 is 7.00. The van der Waals surface area contributed by atoms with E-state index in [0.717, 1.165) is 26.7 Å². The van der Waals surface area contributed by atoms with Crippen molar-refractivity contribution in [2.24, 2.45) is 0 Å². The molecule has 0 N–H and O–H groups in total. The van der Waals surface area contributed by atoms with Gasteiger partial charge in [0, 0.05) is 11.0 Å². The van der Waals surface area contributed by atoms with E-state index < -0.39 is 6.04 Å². The number of nitrogens with zero attached hydrogens (tertiary/aromatic N) is 1. The fourth-order valence-electron chi connectivity index (χ4n) is 4.48. The van der Waals surface area contributed by atoms with Crippen LogP contribution in [0.4, 0.5) is 0 Å². The number of rotatable bonds is 3. The van der Waals surface area contributed by atoms with Crippen molar-refractivity contribution in [2.45, 2.75) is 26.4 Å². The molecule has 0 saturated heterocycles. The number of halogens is 1. The lowest BCUT2D eigenvalue weighted by Crippen LogP contribution is -2.29. The number of hydrogen-bond donors (Lipinski definition) is 0. The second kappa shape index (κ2) is 7.50. The third kappa shape index (κ3) is 3.29. The van der Waals surface area contributed by atoms with Crippen LogP contribution in [-0.4, -0.2) is 10.8 Å². The highest BCUT2D eigenvalue weighted by Gasteiger charge is 2.42. The van der Waals surface area contributed by atoms with E-state index in [-0.39, 0.29) is 17.1 Å². The van der Waals surface area contributed by atoms with Crippen molar-refractivity contribution in [1.82, 2.24) is 4.90 Å². The Morgan fingerprint density at radius 3 is 2.48 bits per heavy atom. The van der Waals surface area contributed by atoms with Gasteiger partial charge in [0.2, 0.25) is 5.76 Å². The summed E-state index contributed by atoms with van der Waals surface area (Å²) in [5.41, 5.74) is 4.45. The highest BCUT2D eigenvalue weighted by molar-refractivity contribution is 9.10. The molecular weight excluding hydrogens is 454 g/mol. The molecule has 0 aliphatic carbocycles. The zero-order valence-electron chi connectivity index (χ0n) is 17.2. The molecule has 1 unspecified atom stereocenters. The monoisotopic (exact) mass is 473 g/mol. The molecular formula is C26H20BrNO3. The van der Waals surface area contributed by atoms with Crippen LogP contribution in [0.25, 0.3) is 11.0 Å². The first kappa shape index (κ1) is 19.8. The lowest BCUT2D eigenvalue weighted by molar-refractivity contribution is 0.0714. The fraction of sp³-hybridized carbons (Fsp3) is 0.154. The maximum Gasteiger partial charge on any atom is 0.291 e. The van der Waals surface area contributed by atoms with E-state index in [1.807, 2.05) is 80.6 Å². The van der Waals surface area contributed by atoms with Crippen LogP contribution in [-0.2, 0) is 6.54 Å². The Balaban J connectivity index is 1.77. The summed E-state index contributed by atoms with van der Waals surface area (Å²) in [4.78, 5) is 29.0. The van der Waals surface area contributed by atoms with Crippen molar-refractivity contribution in [3.05, 3.63) is 115 Å². The van der Waals surface area contributed by atoms with Gasteiger partial charge in [0.15, 0.2) is 5.43 Å². The van der Waals surface area contributed by atoms with Crippen LogP contribution < -0.4 is 5.43 Å². The van der Waals surface area contributed by atoms with Crippen molar-refractivity contribution in [3.63, 3.8) is 0 Å². The van der Waals surface area contributed by atoms with Gasteiger partial charge < -0.3 is 9.32 Å². The Morgan fingerprint density at radius 1 is 0.968 bits per heavy atom. The van der Waals surface area contributed by atoms with E-state index in [9.17, 15) is 9.59 Å². The van der Waals surface area contributed by atoms with Gasteiger partial charge in [-0.2, -0.15) is 0 Å². The molecule has 1 aromatic heterocycles. The minimum absolute atomic E-state index is 0.136. The normalized spacial score (nSPS) is 15.5. The first-order valence-corrected chi connectivity index (χ1v) is 10.9. The zero-order valence-corrected chi connectivity index (χ0v) is 18.8.